The number of hydrogen-bond acceptors (Lipinski definition) is 3. The van der Waals surface area contributed by atoms with Gasteiger partial charge in [0.1, 0.15) is 0 Å². The van der Waals surface area contributed by atoms with E-state index < -0.39 is 0 Å². The first kappa shape index (κ1) is 12.0. The summed E-state index contributed by atoms with van der Waals surface area (Å²) in [5.74, 6) is 0. The molecule has 0 aliphatic heterocycles. The molecule has 0 heterocycles. The van der Waals surface area contributed by atoms with Crippen molar-refractivity contribution < 1.29 is 4.74 Å². The zero-order valence-electron chi connectivity index (χ0n) is 9.71. The highest BCUT2D eigenvalue weighted by Gasteiger charge is 2.01. The van der Waals surface area contributed by atoms with Crippen molar-refractivity contribution in [1.82, 2.24) is 5.32 Å². The molecule has 0 saturated carbocycles. The Morgan fingerprint density at radius 1 is 1.47 bits per heavy atom. The van der Waals surface area contributed by atoms with Crippen molar-refractivity contribution >= 4 is 5.69 Å². The monoisotopic (exact) mass is 208 g/mol. The van der Waals surface area contributed by atoms with E-state index in [9.17, 15) is 0 Å². The average molecular weight is 208 g/mol. The first-order chi connectivity index (χ1) is 7.13. The molecule has 0 radical (unpaired) electrons. The Kier molecular flexibility index (Phi) is 4.59. The van der Waals surface area contributed by atoms with Crippen LogP contribution in [0.15, 0.2) is 18.2 Å². The van der Waals surface area contributed by atoms with Gasteiger partial charge in [-0.1, -0.05) is 17.7 Å². The standard InChI is InChI=1S/C12H20N2O/c1-9-4-5-12(13)11(6-9)8-14-7-10(2)15-3/h4-6,10,14H,7-8,13H2,1-3H3. The van der Waals surface area contributed by atoms with Gasteiger partial charge in [-0.15, -0.1) is 0 Å². The van der Waals surface area contributed by atoms with Crippen LogP contribution in [-0.4, -0.2) is 19.8 Å². The molecule has 3 N–H and O–H groups in total. The predicted molar refractivity (Wildman–Crippen MR) is 63.8 cm³/mol. The molecule has 3 nitrogen and oxygen atoms in total. The van der Waals surface area contributed by atoms with Crippen LogP contribution in [0.3, 0.4) is 0 Å². The molecule has 0 bridgehead atoms. The molecule has 0 aliphatic rings. The third-order valence-corrected chi connectivity index (χ3v) is 2.45. The lowest BCUT2D eigenvalue weighted by atomic mass is 10.1. The van der Waals surface area contributed by atoms with Crippen LogP contribution >= 0.6 is 0 Å². The topological polar surface area (TPSA) is 47.3 Å². The number of rotatable bonds is 5. The van der Waals surface area contributed by atoms with Crippen LogP contribution in [0, 0.1) is 6.92 Å². The van der Waals surface area contributed by atoms with Gasteiger partial charge in [-0.05, 0) is 25.5 Å². The number of nitrogens with one attached hydrogen (secondary N) is 1. The van der Waals surface area contributed by atoms with Crippen molar-refractivity contribution in [2.75, 3.05) is 19.4 Å². The van der Waals surface area contributed by atoms with Crippen molar-refractivity contribution in [3.05, 3.63) is 29.3 Å². The summed E-state index contributed by atoms with van der Waals surface area (Å²) >= 11 is 0. The summed E-state index contributed by atoms with van der Waals surface area (Å²) in [6.07, 6.45) is 0.232. The fourth-order valence-corrected chi connectivity index (χ4v) is 1.38. The van der Waals surface area contributed by atoms with E-state index in [1.807, 2.05) is 19.1 Å². The Hall–Kier alpha value is -1.06. The van der Waals surface area contributed by atoms with E-state index in [0.717, 1.165) is 24.3 Å². The number of methoxy groups -OCH3 is 1. The highest BCUT2D eigenvalue weighted by Crippen LogP contribution is 2.13. The number of nitrogens with two attached hydrogens (primary N) is 1. The third kappa shape index (κ3) is 3.90. The number of benzene rings is 1. The summed E-state index contributed by atoms with van der Waals surface area (Å²) < 4.78 is 5.15. The van der Waals surface area contributed by atoms with Crippen LogP contribution in [0.4, 0.5) is 5.69 Å². The third-order valence-electron chi connectivity index (χ3n) is 2.45. The molecule has 0 saturated heterocycles. The smallest absolute Gasteiger partial charge is 0.0667 e. The molecule has 1 atom stereocenters. The number of ether oxygens (including phenoxy) is 1. The van der Waals surface area contributed by atoms with Crippen molar-refractivity contribution in [1.29, 1.82) is 0 Å². The summed E-state index contributed by atoms with van der Waals surface area (Å²) in [5.41, 5.74) is 9.10. The summed E-state index contributed by atoms with van der Waals surface area (Å²) in [7, 11) is 1.72. The molecule has 0 aliphatic carbocycles. The lowest BCUT2D eigenvalue weighted by Crippen LogP contribution is -2.25. The molecular formula is C12H20N2O. The maximum atomic E-state index is 5.87. The number of hydrogen-bond donors (Lipinski definition) is 2. The summed E-state index contributed by atoms with van der Waals surface area (Å²) in [4.78, 5) is 0. The Morgan fingerprint density at radius 3 is 2.87 bits per heavy atom. The Morgan fingerprint density at radius 2 is 2.20 bits per heavy atom. The van der Waals surface area contributed by atoms with Gasteiger partial charge in [0.15, 0.2) is 0 Å². The van der Waals surface area contributed by atoms with Crippen LogP contribution < -0.4 is 11.1 Å². The highest BCUT2D eigenvalue weighted by atomic mass is 16.5. The summed E-state index contributed by atoms with van der Waals surface area (Å²) in [6.45, 7) is 5.73. The maximum absolute atomic E-state index is 5.87. The van der Waals surface area contributed by atoms with Gasteiger partial charge in [0, 0.05) is 25.9 Å². The van der Waals surface area contributed by atoms with Crippen molar-refractivity contribution in [2.24, 2.45) is 0 Å². The molecule has 15 heavy (non-hydrogen) atoms. The van der Waals surface area contributed by atoms with Gasteiger partial charge in [-0.2, -0.15) is 0 Å². The van der Waals surface area contributed by atoms with Crippen molar-refractivity contribution in [3.8, 4) is 0 Å². The largest absolute Gasteiger partial charge is 0.398 e. The van der Waals surface area contributed by atoms with Gasteiger partial charge in [-0.3, -0.25) is 0 Å². The van der Waals surface area contributed by atoms with Gasteiger partial charge in [0.05, 0.1) is 6.10 Å². The predicted octanol–water partition coefficient (Wildman–Crippen LogP) is 1.70. The number of aryl methyl sites for hydroxylation is 1. The molecule has 1 aromatic carbocycles. The minimum absolute atomic E-state index is 0.232. The van der Waals surface area contributed by atoms with Crippen LogP contribution in [0.25, 0.3) is 0 Å². The lowest BCUT2D eigenvalue weighted by molar-refractivity contribution is 0.117. The molecule has 0 aromatic heterocycles. The molecule has 1 unspecified atom stereocenters. The fourth-order valence-electron chi connectivity index (χ4n) is 1.38. The maximum Gasteiger partial charge on any atom is 0.0667 e. The van der Waals surface area contributed by atoms with Gasteiger partial charge in [0.25, 0.3) is 0 Å². The second-order valence-electron chi connectivity index (χ2n) is 3.88. The zero-order valence-corrected chi connectivity index (χ0v) is 9.71. The molecule has 1 rings (SSSR count). The fraction of sp³-hybridized carbons (Fsp3) is 0.500. The van der Waals surface area contributed by atoms with Crippen molar-refractivity contribution in [3.63, 3.8) is 0 Å². The summed E-state index contributed by atoms with van der Waals surface area (Å²) in [5, 5.41) is 3.32. The zero-order chi connectivity index (χ0) is 11.3. The second-order valence-corrected chi connectivity index (χ2v) is 3.88. The van der Waals surface area contributed by atoms with Gasteiger partial charge in [0.2, 0.25) is 0 Å². The SMILES string of the molecule is COC(C)CNCc1cc(C)ccc1N. The molecule has 84 valence electrons. The quantitative estimate of drug-likeness (QED) is 0.724. The van der Waals surface area contributed by atoms with E-state index in [0.29, 0.717) is 0 Å². The van der Waals surface area contributed by atoms with Gasteiger partial charge in [-0.25, -0.2) is 0 Å². The molecule has 0 amide bonds. The minimum Gasteiger partial charge on any atom is -0.398 e. The Balaban J connectivity index is 2.46. The Labute approximate surface area is 91.6 Å². The van der Waals surface area contributed by atoms with Crippen LogP contribution in [0.1, 0.15) is 18.1 Å². The van der Waals surface area contributed by atoms with E-state index in [-0.39, 0.29) is 6.10 Å². The van der Waals surface area contributed by atoms with Crippen LogP contribution in [-0.2, 0) is 11.3 Å². The average Bonchev–Trinajstić information content (AvgIpc) is 2.23. The molecule has 0 fully saturated rings. The van der Waals surface area contributed by atoms with E-state index in [1.165, 1.54) is 5.56 Å². The number of nitrogen functional groups attached to an aromatic ring is 1. The normalized spacial score (nSPS) is 12.7. The van der Waals surface area contributed by atoms with Gasteiger partial charge < -0.3 is 15.8 Å². The molecule has 0 spiro atoms. The van der Waals surface area contributed by atoms with E-state index in [1.54, 1.807) is 7.11 Å². The molecule has 3 heteroatoms. The van der Waals surface area contributed by atoms with Crippen LogP contribution in [0.5, 0.6) is 0 Å². The van der Waals surface area contributed by atoms with Gasteiger partial charge >= 0.3 is 0 Å². The van der Waals surface area contributed by atoms with E-state index >= 15 is 0 Å². The molecule has 1 aromatic rings. The summed E-state index contributed by atoms with van der Waals surface area (Å²) in [6, 6.07) is 6.09. The first-order valence-corrected chi connectivity index (χ1v) is 5.22. The number of anilines is 1. The highest BCUT2D eigenvalue weighted by molar-refractivity contribution is 5.48. The van der Waals surface area contributed by atoms with Crippen molar-refractivity contribution in [2.45, 2.75) is 26.5 Å². The molecular weight excluding hydrogens is 188 g/mol. The lowest BCUT2D eigenvalue weighted by Gasteiger charge is -2.12. The van der Waals surface area contributed by atoms with E-state index in [2.05, 4.69) is 18.3 Å². The second kappa shape index (κ2) is 5.73. The van der Waals surface area contributed by atoms with E-state index in [4.69, 9.17) is 10.5 Å². The van der Waals surface area contributed by atoms with Crippen LogP contribution in [0.2, 0.25) is 0 Å². The Bertz CT molecular complexity index is 312. The minimum atomic E-state index is 0.232. The first-order valence-electron chi connectivity index (χ1n) is 5.22.